The quantitative estimate of drug-likeness (QED) is 0.760. The Morgan fingerprint density at radius 2 is 1.79 bits per heavy atom. The molecule has 0 aliphatic heterocycles. The van der Waals surface area contributed by atoms with Crippen LogP contribution in [-0.4, -0.2) is 15.0 Å². The second-order valence-corrected chi connectivity index (χ2v) is 4.44. The Morgan fingerprint density at radius 3 is 2.53 bits per heavy atom. The van der Waals surface area contributed by atoms with Gasteiger partial charge in [-0.25, -0.2) is 0 Å². The molecular weight excluding hydrogens is 236 g/mol. The summed E-state index contributed by atoms with van der Waals surface area (Å²) in [6.07, 6.45) is 0. The van der Waals surface area contributed by atoms with Crippen LogP contribution in [0.15, 0.2) is 54.6 Å². The molecule has 4 nitrogen and oxygen atoms in total. The summed E-state index contributed by atoms with van der Waals surface area (Å²) < 4.78 is 1.66. The van der Waals surface area contributed by atoms with Gasteiger partial charge in [-0.2, -0.15) is 4.68 Å². The van der Waals surface area contributed by atoms with Gasteiger partial charge in [0.15, 0.2) is 5.82 Å². The van der Waals surface area contributed by atoms with Gasteiger partial charge >= 0.3 is 0 Å². The largest absolute Gasteiger partial charge is 0.382 e. The normalized spacial score (nSPS) is 10.6. The van der Waals surface area contributed by atoms with Crippen molar-refractivity contribution in [3.8, 4) is 16.9 Å². The van der Waals surface area contributed by atoms with Crippen LogP contribution in [-0.2, 0) is 0 Å². The lowest BCUT2D eigenvalue weighted by atomic mass is 10.1. The minimum absolute atomic E-state index is 0.553. The van der Waals surface area contributed by atoms with Gasteiger partial charge in [0.25, 0.3) is 0 Å². The van der Waals surface area contributed by atoms with E-state index >= 15 is 0 Å². The van der Waals surface area contributed by atoms with Gasteiger partial charge in [-0.1, -0.05) is 47.7 Å². The predicted molar refractivity (Wildman–Crippen MR) is 75.9 cm³/mol. The highest BCUT2D eigenvalue weighted by Crippen LogP contribution is 2.24. The monoisotopic (exact) mass is 250 g/mol. The van der Waals surface area contributed by atoms with Crippen molar-refractivity contribution in [2.45, 2.75) is 6.92 Å². The molecule has 0 saturated carbocycles. The standard InChI is InChI=1S/C15H14N4/c1-11-6-5-9-13(10-11)19-15(16)14(17-18-19)12-7-3-2-4-8-12/h2-10H,16H2,1H3. The molecule has 0 spiro atoms. The van der Waals surface area contributed by atoms with Gasteiger partial charge in [0, 0.05) is 5.56 Å². The van der Waals surface area contributed by atoms with E-state index in [9.17, 15) is 0 Å². The maximum Gasteiger partial charge on any atom is 0.155 e. The van der Waals surface area contributed by atoms with E-state index in [-0.39, 0.29) is 0 Å². The predicted octanol–water partition coefficient (Wildman–Crippen LogP) is 2.82. The van der Waals surface area contributed by atoms with Crippen molar-refractivity contribution in [1.82, 2.24) is 15.0 Å². The summed E-state index contributed by atoms with van der Waals surface area (Å²) >= 11 is 0. The third-order valence-electron chi connectivity index (χ3n) is 3.00. The Morgan fingerprint density at radius 1 is 1.00 bits per heavy atom. The van der Waals surface area contributed by atoms with Crippen LogP contribution in [0.5, 0.6) is 0 Å². The zero-order valence-corrected chi connectivity index (χ0v) is 10.6. The number of nitrogens with zero attached hydrogens (tertiary/aromatic N) is 3. The van der Waals surface area contributed by atoms with Crippen LogP contribution < -0.4 is 5.73 Å². The molecule has 0 bridgehead atoms. The average molecular weight is 250 g/mol. The van der Waals surface area contributed by atoms with E-state index in [4.69, 9.17) is 5.73 Å². The summed E-state index contributed by atoms with van der Waals surface area (Å²) in [6, 6.07) is 17.8. The van der Waals surface area contributed by atoms with Gasteiger partial charge in [0.2, 0.25) is 0 Å². The Kier molecular flexibility index (Phi) is 2.76. The van der Waals surface area contributed by atoms with E-state index in [0.29, 0.717) is 11.5 Å². The van der Waals surface area contributed by atoms with Crippen LogP contribution in [0.1, 0.15) is 5.56 Å². The number of aromatic nitrogens is 3. The fourth-order valence-corrected chi connectivity index (χ4v) is 2.04. The first-order chi connectivity index (χ1) is 9.25. The van der Waals surface area contributed by atoms with Crippen molar-refractivity contribution in [2.24, 2.45) is 0 Å². The Balaban J connectivity index is 2.09. The third kappa shape index (κ3) is 2.08. The SMILES string of the molecule is Cc1cccc(-n2nnc(-c3ccccc3)c2N)c1. The van der Waals surface area contributed by atoms with Crippen molar-refractivity contribution >= 4 is 5.82 Å². The van der Waals surface area contributed by atoms with Gasteiger partial charge in [-0.05, 0) is 24.6 Å². The molecule has 3 rings (SSSR count). The Hall–Kier alpha value is -2.62. The molecule has 0 amide bonds. The molecule has 94 valence electrons. The number of benzene rings is 2. The van der Waals surface area contributed by atoms with Crippen molar-refractivity contribution in [3.63, 3.8) is 0 Å². The van der Waals surface area contributed by atoms with Crippen LogP contribution in [0.4, 0.5) is 5.82 Å². The molecule has 0 fully saturated rings. The first-order valence-electron chi connectivity index (χ1n) is 6.09. The number of anilines is 1. The van der Waals surface area contributed by atoms with Crippen LogP contribution in [0.3, 0.4) is 0 Å². The summed E-state index contributed by atoms with van der Waals surface area (Å²) in [5, 5.41) is 8.33. The van der Waals surface area contributed by atoms with Gasteiger partial charge in [0.1, 0.15) is 5.69 Å². The molecule has 4 heteroatoms. The summed E-state index contributed by atoms with van der Waals surface area (Å²) in [4.78, 5) is 0. The topological polar surface area (TPSA) is 56.7 Å². The first kappa shape index (κ1) is 11.5. The molecule has 2 aromatic carbocycles. The number of hydrogen-bond donors (Lipinski definition) is 1. The fraction of sp³-hybridized carbons (Fsp3) is 0.0667. The number of rotatable bonds is 2. The highest BCUT2D eigenvalue weighted by atomic mass is 15.5. The van der Waals surface area contributed by atoms with Crippen molar-refractivity contribution < 1.29 is 0 Å². The summed E-state index contributed by atoms with van der Waals surface area (Å²) in [5.41, 5.74) is 9.92. The maximum absolute atomic E-state index is 6.16. The molecule has 0 radical (unpaired) electrons. The molecule has 0 aliphatic rings. The zero-order valence-electron chi connectivity index (χ0n) is 10.6. The summed E-state index contributed by atoms with van der Waals surface area (Å²) in [6.45, 7) is 2.04. The third-order valence-corrected chi connectivity index (χ3v) is 3.00. The lowest BCUT2D eigenvalue weighted by Gasteiger charge is -2.04. The number of aryl methyl sites for hydroxylation is 1. The van der Waals surface area contributed by atoms with Crippen LogP contribution in [0, 0.1) is 6.92 Å². The smallest absolute Gasteiger partial charge is 0.155 e. The molecule has 0 unspecified atom stereocenters. The molecule has 19 heavy (non-hydrogen) atoms. The van der Waals surface area contributed by atoms with Gasteiger partial charge in [-0.3, -0.25) is 0 Å². The van der Waals surface area contributed by atoms with Crippen LogP contribution >= 0.6 is 0 Å². The maximum atomic E-state index is 6.16. The highest BCUT2D eigenvalue weighted by Gasteiger charge is 2.12. The molecular formula is C15H14N4. The van der Waals surface area contributed by atoms with Crippen molar-refractivity contribution in [3.05, 3.63) is 60.2 Å². The van der Waals surface area contributed by atoms with E-state index in [0.717, 1.165) is 16.8 Å². The van der Waals surface area contributed by atoms with Gasteiger partial charge < -0.3 is 5.73 Å². The van der Waals surface area contributed by atoms with Crippen molar-refractivity contribution in [1.29, 1.82) is 0 Å². The summed E-state index contributed by atoms with van der Waals surface area (Å²) in [7, 11) is 0. The Labute approximate surface area is 111 Å². The molecule has 1 aromatic heterocycles. The van der Waals surface area contributed by atoms with Crippen molar-refractivity contribution in [2.75, 3.05) is 5.73 Å². The average Bonchev–Trinajstić information content (AvgIpc) is 2.81. The minimum atomic E-state index is 0.553. The lowest BCUT2D eigenvalue weighted by Crippen LogP contribution is -2.02. The first-order valence-corrected chi connectivity index (χ1v) is 6.09. The van der Waals surface area contributed by atoms with E-state index in [1.807, 2.05) is 61.5 Å². The number of hydrogen-bond acceptors (Lipinski definition) is 3. The van der Waals surface area contributed by atoms with E-state index in [2.05, 4.69) is 10.3 Å². The fourth-order valence-electron chi connectivity index (χ4n) is 2.04. The molecule has 0 atom stereocenters. The van der Waals surface area contributed by atoms with Crippen LogP contribution in [0.2, 0.25) is 0 Å². The molecule has 3 aromatic rings. The highest BCUT2D eigenvalue weighted by molar-refractivity contribution is 5.70. The number of nitrogen functional groups attached to an aromatic ring is 1. The molecule has 0 aliphatic carbocycles. The van der Waals surface area contributed by atoms with E-state index in [1.165, 1.54) is 0 Å². The molecule has 2 N–H and O–H groups in total. The molecule has 0 saturated heterocycles. The Bertz CT molecular complexity index is 701. The lowest BCUT2D eigenvalue weighted by molar-refractivity contribution is 0.810. The second-order valence-electron chi connectivity index (χ2n) is 4.44. The number of nitrogens with two attached hydrogens (primary N) is 1. The minimum Gasteiger partial charge on any atom is -0.382 e. The van der Waals surface area contributed by atoms with E-state index in [1.54, 1.807) is 4.68 Å². The summed E-state index contributed by atoms with van der Waals surface area (Å²) in [5.74, 6) is 0.553. The van der Waals surface area contributed by atoms with Gasteiger partial charge in [-0.15, -0.1) is 5.10 Å². The second kappa shape index (κ2) is 4.57. The van der Waals surface area contributed by atoms with Gasteiger partial charge in [0.05, 0.1) is 5.69 Å². The molecule has 1 heterocycles. The van der Waals surface area contributed by atoms with Crippen LogP contribution in [0.25, 0.3) is 16.9 Å². The van der Waals surface area contributed by atoms with E-state index < -0.39 is 0 Å². The zero-order chi connectivity index (χ0) is 13.2.